The molecule has 1 saturated heterocycles. The van der Waals surface area contributed by atoms with Crippen LogP contribution in [0.1, 0.15) is 22.5 Å². The zero-order valence-electron chi connectivity index (χ0n) is 16.7. The van der Waals surface area contributed by atoms with Gasteiger partial charge in [-0.15, -0.1) is 0 Å². The van der Waals surface area contributed by atoms with E-state index in [-0.39, 0.29) is 17.0 Å². The smallest absolute Gasteiger partial charge is 0.356 e. The lowest BCUT2D eigenvalue weighted by Gasteiger charge is -2.32. The maximum Gasteiger partial charge on any atom is 0.417 e. The Labute approximate surface area is 180 Å². The van der Waals surface area contributed by atoms with Crippen molar-refractivity contribution < 1.29 is 18.0 Å². The molecule has 1 fully saturated rings. The van der Waals surface area contributed by atoms with E-state index >= 15 is 0 Å². The Balaban J connectivity index is 1.48. The van der Waals surface area contributed by atoms with E-state index in [0.717, 1.165) is 31.4 Å². The highest BCUT2D eigenvalue weighted by atomic mass is 19.4. The second-order valence-corrected chi connectivity index (χ2v) is 7.35. The average Bonchev–Trinajstić information content (AvgIpc) is 3.15. The fourth-order valence-electron chi connectivity index (χ4n) is 3.52. The third-order valence-electron chi connectivity index (χ3n) is 5.26. The van der Waals surface area contributed by atoms with Gasteiger partial charge in [-0.25, -0.2) is 14.5 Å². The predicted octanol–water partition coefficient (Wildman–Crippen LogP) is 4.27. The van der Waals surface area contributed by atoms with Gasteiger partial charge in [-0.05, 0) is 36.8 Å². The van der Waals surface area contributed by atoms with Gasteiger partial charge in [0.1, 0.15) is 11.6 Å². The van der Waals surface area contributed by atoms with Crippen molar-refractivity contribution in [2.24, 2.45) is 0 Å². The number of amides is 1. The van der Waals surface area contributed by atoms with Crippen molar-refractivity contribution in [2.45, 2.75) is 12.6 Å². The van der Waals surface area contributed by atoms with Gasteiger partial charge in [0, 0.05) is 18.7 Å². The molecule has 0 unspecified atom stereocenters. The Morgan fingerprint density at radius 2 is 1.81 bits per heavy atom. The molecule has 1 aromatic carbocycles. The molecule has 4 heterocycles. The van der Waals surface area contributed by atoms with Gasteiger partial charge in [-0.3, -0.25) is 4.79 Å². The van der Waals surface area contributed by atoms with Crippen LogP contribution in [0.4, 0.5) is 24.8 Å². The highest BCUT2D eigenvalue weighted by Gasteiger charge is 2.33. The van der Waals surface area contributed by atoms with Crippen LogP contribution in [0, 0.1) is 0 Å². The number of hydrogen-bond donors (Lipinski definition) is 1. The molecule has 7 nitrogen and oxygen atoms in total. The second kappa shape index (κ2) is 7.63. The van der Waals surface area contributed by atoms with E-state index in [1.807, 2.05) is 6.07 Å². The Bertz CT molecular complexity index is 1310. The lowest BCUT2D eigenvalue weighted by molar-refractivity contribution is -0.137. The molecular weight excluding hydrogens is 421 g/mol. The molecule has 10 heteroatoms. The first-order valence-corrected chi connectivity index (χ1v) is 9.95. The Morgan fingerprint density at radius 1 is 1.00 bits per heavy atom. The van der Waals surface area contributed by atoms with Crippen molar-refractivity contribution in [3.63, 3.8) is 0 Å². The predicted molar refractivity (Wildman–Crippen MR) is 112 cm³/mol. The van der Waals surface area contributed by atoms with Crippen molar-refractivity contribution in [2.75, 3.05) is 23.3 Å². The minimum Gasteiger partial charge on any atom is -0.356 e. The van der Waals surface area contributed by atoms with Crippen LogP contribution in [0.2, 0.25) is 0 Å². The number of anilines is 2. The number of pyridine rings is 1. The number of alkyl halides is 3. The molecule has 162 valence electrons. The molecule has 0 bridgehead atoms. The van der Waals surface area contributed by atoms with Gasteiger partial charge in [0.2, 0.25) is 0 Å². The highest BCUT2D eigenvalue weighted by molar-refractivity contribution is 6.03. The molecule has 0 radical (unpaired) electrons. The number of nitrogens with one attached hydrogen (secondary N) is 1. The molecule has 32 heavy (non-hydrogen) atoms. The van der Waals surface area contributed by atoms with Crippen LogP contribution in [0.15, 0.2) is 60.8 Å². The number of benzene rings is 1. The summed E-state index contributed by atoms with van der Waals surface area (Å²) in [6.07, 6.45) is -2.10. The molecule has 0 aliphatic carbocycles. The molecule has 4 aromatic rings. The van der Waals surface area contributed by atoms with Crippen molar-refractivity contribution >= 4 is 23.2 Å². The van der Waals surface area contributed by atoms with E-state index in [9.17, 15) is 18.0 Å². The first-order chi connectivity index (χ1) is 15.4. The van der Waals surface area contributed by atoms with Gasteiger partial charge in [-0.2, -0.15) is 18.3 Å². The Morgan fingerprint density at radius 3 is 2.56 bits per heavy atom. The second-order valence-electron chi connectivity index (χ2n) is 7.35. The summed E-state index contributed by atoms with van der Waals surface area (Å²) in [6.45, 7) is 1.84. The number of carbonyl (C=O) groups is 1. The molecule has 0 spiro atoms. The molecule has 1 amide bonds. The molecular formula is C22H17F3N6O. The molecule has 3 aromatic heterocycles. The van der Waals surface area contributed by atoms with Crippen molar-refractivity contribution in [1.29, 1.82) is 0 Å². The lowest BCUT2D eigenvalue weighted by Crippen LogP contribution is -2.37. The van der Waals surface area contributed by atoms with Gasteiger partial charge < -0.3 is 10.2 Å². The summed E-state index contributed by atoms with van der Waals surface area (Å²) in [4.78, 5) is 23.6. The van der Waals surface area contributed by atoms with E-state index in [0.29, 0.717) is 11.5 Å². The number of fused-ring (bicyclic) bond motifs is 1. The van der Waals surface area contributed by atoms with Gasteiger partial charge in [-0.1, -0.05) is 24.3 Å². The maximum absolute atomic E-state index is 13.4. The molecule has 1 aliphatic rings. The zero-order chi connectivity index (χ0) is 22.3. The number of imidazole rings is 1. The van der Waals surface area contributed by atoms with Crippen LogP contribution in [0.25, 0.3) is 16.9 Å². The summed E-state index contributed by atoms with van der Waals surface area (Å²) in [5.41, 5.74) is -0.376. The van der Waals surface area contributed by atoms with Crippen LogP contribution in [-0.4, -0.2) is 38.6 Å². The first kappa shape index (κ1) is 20.0. The minimum atomic E-state index is -4.53. The number of nitrogens with zero attached hydrogens (tertiary/aromatic N) is 5. The Hall–Kier alpha value is -3.95. The summed E-state index contributed by atoms with van der Waals surface area (Å²) >= 11 is 0. The molecule has 5 rings (SSSR count). The number of rotatable bonds is 4. The normalized spacial score (nSPS) is 13.8. The van der Waals surface area contributed by atoms with E-state index in [2.05, 4.69) is 25.3 Å². The van der Waals surface area contributed by atoms with Crippen molar-refractivity contribution in [3.8, 4) is 11.3 Å². The van der Waals surface area contributed by atoms with E-state index in [4.69, 9.17) is 0 Å². The topological polar surface area (TPSA) is 75.4 Å². The van der Waals surface area contributed by atoms with E-state index < -0.39 is 17.6 Å². The van der Waals surface area contributed by atoms with Crippen LogP contribution in [-0.2, 0) is 6.18 Å². The molecule has 0 saturated carbocycles. The maximum atomic E-state index is 13.4. The Kier molecular flexibility index (Phi) is 4.76. The lowest BCUT2D eigenvalue weighted by atomic mass is 10.0. The van der Waals surface area contributed by atoms with Crippen molar-refractivity contribution in [1.82, 2.24) is 19.6 Å². The third-order valence-corrected chi connectivity index (χ3v) is 5.26. The van der Waals surface area contributed by atoms with Crippen LogP contribution in [0.3, 0.4) is 0 Å². The standard InChI is InChI=1S/C22H17F3N6O/c23-22(24,25)15-6-2-1-5-14(15)16-9-10-19-26-13-17(31(19)29-16)21(32)28-18-7-3-8-20(27-18)30-11-4-12-30/h1-3,5-10,13H,4,11-12H2,(H,27,28,32). The summed E-state index contributed by atoms with van der Waals surface area (Å²) in [7, 11) is 0. The number of hydrogen-bond acceptors (Lipinski definition) is 5. The average molecular weight is 438 g/mol. The number of halogens is 3. The van der Waals surface area contributed by atoms with Gasteiger partial charge in [0.25, 0.3) is 5.91 Å². The highest BCUT2D eigenvalue weighted by Crippen LogP contribution is 2.36. The summed E-state index contributed by atoms with van der Waals surface area (Å²) in [5.74, 6) is 0.629. The molecule has 1 N–H and O–H groups in total. The zero-order valence-corrected chi connectivity index (χ0v) is 16.7. The fraction of sp³-hybridized carbons (Fsp3) is 0.182. The van der Waals surface area contributed by atoms with Crippen molar-refractivity contribution in [3.05, 3.63) is 72.1 Å². The van der Waals surface area contributed by atoms with Gasteiger partial charge in [0.15, 0.2) is 11.3 Å². The van der Waals surface area contributed by atoms with E-state index in [1.54, 1.807) is 12.1 Å². The largest absolute Gasteiger partial charge is 0.417 e. The minimum absolute atomic E-state index is 0.0779. The monoisotopic (exact) mass is 438 g/mol. The first-order valence-electron chi connectivity index (χ1n) is 9.95. The summed E-state index contributed by atoms with van der Waals surface area (Å²) in [6, 6.07) is 13.5. The van der Waals surface area contributed by atoms with E-state index in [1.165, 1.54) is 41.0 Å². The quantitative estimate of drug-likeness (QED) is 0.515. The summed E-state index contributed by atoms with van der Waals surface area (Å²) < 4.78 is 41.5. The number of aromatic nitrogens is 4. The molecule has 0 atom stereocenters. The van der Waals surface area contributed by atoms with Gasteiger partial charge >= 0.3 is 6.18 Å². The third kappa shape index (κ3) is 3.64. The fourth-order valence-corrected chi connectivity index (χ4v) is 3.52. The van der Waals surface area contributed by atoms with Crippen LogP contribution in [0.5, 0.6) is 0 Å². The summed E-state index contributed by atoms with van der Waals surface area (Å²) in [5, 5.41) is 6.99. The van der Waals surface area contributed by atoms with Crippen LogP contribution < -0.4 is 10.2 Å². The number of carbonyl (C=O) groups excluding carboxylic acids is 1. The SMILES string of the molecule is O=C(Nc1cccc(N2CCC2)n1)c1cnc2ccc(-c3ccccc3C(F)(F)F)nn12. The molecule has 1 aliphatic heterocycles. The van der Waals surface area contributed by atoms with Crippen LogP contribution >= 0.6 is 0 Å². The van der Waals surface area contributed by atoms with Gasteiger partial charge in [0.05, 0.1) is 17.5 Å².